The van der Waals surface area contributed by atoms with Crippen molar-refractivity contribution in [1.29, 1.82) is 0 Å². The van der Waals surface area contributed by atoms with E-state index in [1.54, 1.807) is 0 Å². The number of ether oxygens (including phenoxy) is 1. The molecule has 0 spiro atoms. The number of para-hydroxylation sites is 1. The zero-order chi connectivity index (χ0) is 14.2. The van der Waals surface area contributed by atoms with Crippen molar-refractivity contribution in [3.63, 3.8) is 0 Å². The van der Waals surface area contributed by atoms with Crippen molar-refractivity contribution in [2.75, 3.05) is 12.0 Å². The molecule has 0 unspecified atom stereocenters. The molecular weight excluding hydrogens is 252 g/mol. The smallest absolute Gasteiger partial charge is 0.426 e. The van der Waals surface area contributed by atoms with Crippen LogP contribution in [-0.2, 0) is 4.74 Å². The van der Waals surface area contributed by atoms with E-state index in [1.807, 2.05) is 54.6 Å². The first-order valence-corrected chi connectivity index (χ1v) is 6.25. The summed E-state index contributed by atoms with van der Waals surface area (Å²) in [5.74, 6) is 0. The van der Waals surface area contributed by atoms with Crippen LogP contribution in [0.1, 0.15) is 0 Å². The van der Waals surface area contributed by atoms with Crippen molar-refractivity contribution >= 4 is 11.8 Å². The molecule has 0 fully saturated rings. The summed E-state index contributed by atoms with van der Waals surface area (Å²) in [7, 11) is 0. The molecule has 0 aliphatic heterocycles. The summed E-state index contributed by atoms with van der Waals surface area (Å²) in [5, 5.41) is 0. The van der Waals surface area contributed by atoms with Crippen molar-refractivity contribution in [1.82, 2.24) is 5.43 Å². The first kappa shape index (κ1) is 13.7. The molecule has 20 heavy (non-hydrogen) atoms. The fourth-order valence-corrected chi connectivity index (χ4v) is 1.75. The number of rotatable bonds is 5. The molecular formula is C16H16N2O2. The molecule has 102 valence electrons. The largest absolute Gasteiger partial charge is 0.444 e. The molecule has 2 rings (SSSR count). The average Bonchev–Trinajstić information content (AvgIpc) is 2.52. The average molecular weight is 268 g/mol. The van der Waals surface area contributed by atoms with Crippen LogP contribution >= 0.6 is 0 Å². The van der Waals surface area contributed by atoms with Crippen LogP contribution in [0.3, 0.4) is 0 Å². The summed E-state index contributed by atoms with van der Waals surface area (Å²) < 4.78 is 4.83. The summed E-state index contributed by atoms with van der Waals surface area (Å²) in [4.78, 5) is 11.4. The van der Waals surface area contributed by atoms with Gasteiger partial charge in [-0.25, -0.2) is 10.2 Å². The maximum Gasteiger partial charge on any atom is 0.426 e. The minimum absolute atomic E-state index is 0.174. The number of nitrogens with one attached hydrogen (secondary N) is 2. The standard InChI is InChI=1S/C16H16N2O2/c1-2-12-20-16(19)18-17-15-11-7-6-10-14(15)13-8-4-3-5-9-13/h2-11,17H,1,12H2,(H,18,19). The molecule has 0 radical (unpaired) electrons. The zero-order valence-corrected chi connectivity index (χ0v) is 11.0. The summed E-state index contributed by atoms with van der Waals surface area (Å²) in [6.45, 7) is 3.65. The third kappa shape index (κ3) is 3.62. The summed E-state index contributed by atoms with van der Waals surface area (Å²) in [6, 6.07) is 17.6. The van der Waals surface area contributed by atoms with Crippen molar-refractivity contribution < 1.29 is 9.53 Å². The molecule has 2 aromatic rings. The third-order valence-corrected chi connectivity index (χ3v) is 2.64. The fourth-order valence-electron chi connectivity index (χ4n) is 1.75. The highest BCUT2D eigenvalue weighted by molar-refractivity contribution is 5.79. The van der Waals surface area contributed by atoms with E-state index in [1.165, 1.54) is 6.08 Å². The van der Waals surface area contributed by atoms with Gasteiger partial charge in [0.1, 0.15) is 6.61 Å². The molecule has 0 heterocycles. The number of hydrogen-bond acceptors (Lipinski definition) is 3. The lowest BCUT2D eigenvalue weighted by Gasteiger charge is -2.12. The van der Waals surface area contributed by atoms with Crippen LogP contribution < -0.4 is 10.9 Å². The molecule has 0 aliphatic rings. The lowest BCUT2D eigenvalue weighted by atomic mass is 10.0. The second-order valence-corrected chi connectivity index (χ2v) is 4.05. The van der Waals surface area contributed by atoms with Gasteiger partial charge in [0.05, 0.1) is 5.69 Å². The molecule has 0 aromatic heterocycles. The van der Waals surface area contributed by atoms with Gasteiger partial charge in [0.15, 0.2) is 0 Å². The van der Waals surface area contributed by atoms with Gasteiger partial charge in [0.2, 0.25) is 0 Å². The number of carbonyl (C=O) groups excluding carboxylic acids is 1. The number of anilines is 1. The number of carbonyl (C=O) groups is 1. The number of amides is 1. The van der Waals surface area contributed by atoms with Gasteiger partial charge in [-0.05, 0) is 11.6 Å². The van der Waals surface area contributed by atoms with Crippen LogP contribution in [-0.4, -0.2) is 12.7 Å². The van der Waals surface area contributed by atoms with Crippen LogP contribution in [0.25, 0.3) is 11.1 Å². The van der Waals surface area contributed by atoms with Crippen molar-refractivity contribution in [3.8, 4) is 11.1 Å². The van der Waals surface area contributed by atoms with Crippen LogP contribution in [0, 0.1) is 0 Å². The van der Waals surface area contributed by atoms with Gasteiger partial charge in [-0.2, -0.15) is 0 Å². The topological polar surface area (TPSA) is 50.4 Å². The Balaban J connectivity index is 2.09. The summed E-state index contributed by atoms with van der Waals surface area (Å²) in [6.07, 6.45) is 0.963. The monoisotopic (exact) mass is 268 g/mol. The van der Waals surface area contributed by atoms with E-state index in [2.05, 4.69) is 17.4 Å². The van der Waals surface area contributed by atoms with Crippen LogP contribution in [0.5, 0.6) is 0 Å². The van der Waals surface area contributed by atoms with Gasteiger partial charge in [-0.15, -0.1) is 0 Å². The van der Waals surface area contributed by atoms with Crippen molar-refractivity contribution in [2.24, 2.45) is 0 Å². The molecule has 4 nitrogen and oxygen atoms in total. The predicted octanol–water partition coefficient (Wildman–Crippen LogP) is 3.59. The van der Waals surface area contributed by atoms with Crippen molar-refractivity contribution in [2.45, 2.75) is 0 Å². The normalized spacial score (nSPS) is 9.60. The fraction of sp³-hybridized carbons (Fsp3) is 0.0625. The van der Waals surface area contributed by atoms with Gasteiger partial charge in [0.25, 0.3) is 0 Å². The van der Waals surface area contributed by atoms with Crippen molar-refractivity contribution in [3.05, 3.63) is 67.3 Å². The van der Waals surface area contributed by atoms with Crippen LogP contribution in [0.4, 0.5) is 10.5 Å². The first-order valence-electron chi connectivity index (χ1n) is 6.25. The molecule has 4 heteroatoms. The summed E-state index contributed by atoms with van der Waals surface area (Å²) in [5.41, 5.74) is 8.21. The van der Waals surface area contributed by atoms with Gasteiger partial charge < -0.3 is 4.74 Å². The molecule has 0 saturated carbocycles. The van der Waals surface area contributed by atoms with Gasteiger partial charge in [0, 0.05) is 5.56 Å². The minimum atomic E-state index is -0.548. The Morgan fingerprint density at radius 2 is 1.80 bits per heavy atom. The van der Waals surface area contributed by atoms with E-state index >= 15 is 0 Å². The maximum atomic E-state index is 11.4. The molecule has 0 aliphatic carbocycles. The van der Waals surface area contributed by atoms with E-state index in [4.69, 9.17) is 4.74 Å². The van der Waals surface area contributed by atoms with E-state index < -0.39 is 6.09 Å². The van der Waals surface area contributed by atoms with Gasteiger partial charge in [-0.3, -0.25) is 5.43 Å². The number of benzene rings is 2. The predicted molar refractivity (Wildman–Crippen MR) is 80.2 cm³/mol. The molecule has 0 atom stereocenters. The lowest BCUT2D eigenvalue weighted by molar-refractivity contribution is 0.160. The molecule has 2 N–H and O–H groups in total. The minimum Gasteiger partial charge on any atom is -0.444 e. The Morgan fingerprint density at radius 1 is 1.10 bits per heavy atom. The van der Waals surface area contributed by atoms with Gasteiger partial charge in [-0.1, -0.05) is 61.2 Å². The maximum absolute atomic E-state index is 11.4. The Labute approximate surface area is 118 Å². The SMILES string of the molecule is C=CCOC(=O)NNc1ccccc1-c1ccccc1. The Hall–Kier alpha value is -2.75. The van der Waals surface area contributed by atoms with Crippen LogP contribution in [0.2, 0.25) is 0 Å². The Bertz CT molecular complexity index is 582. The lowest BCUT2D eigenvalue weighted by Crippen LogP contribution is -2.30. The Morgan fingerprint density at radius 3 is 2.55 bits per heavy atom. The van der Waals surface area contributed by atoms with E-state index in [9.17, 15) is 4.79 Å². The number of hydrazine groups is 1. The highest BCUT2D eigenvalue weighted by Gasteiger charge is 2.05. The van der Waals surface area contributed by atoms with E-state index in [-0.39, 0.29) is 6.61 Å². The van der Waals surface area contributed by atoms with Crippen LogP contribution in [0.15, 0.2) is 67.3 Å². The zero-order valence-electron chi connectivity index (χ0n) is 11.0. The second-order valence-electron chi connectivity index (χ2n) is 4.05. The van der Waals surface area contributed by atoms with Gasteiger partial charge >= 0.3 is 6.09 Å². The van der Waals surface area contributed by atoms with E-state index in [0.29, 0.717) is 0 Å². The van der Waals surface area contributed by atoms with E-state index in [0.717, 1.165) is 16.8 Å². The third-order valence-electron chi connectivity index (χ3n) is 2.64. The number of hydrogen-bond donors (Lipinski definition) is 2. The second kappa shape index (κ2) is 6.99. The highest BCUT2D eigenvalue weighted by atomic mass is 16.5. The molecule has 1 amide bonds. The Kier molecular flexibility index (Phi) is 4.78. The highest BCUT2D eigenvalue weighted by Crippen LogP contribution is 2.26. The summed E-state index contributed by atoms with van der Waals surface area (Å²) >= 11 is 0. The molecule has 2 aromatic carbocycles. The molecule has 0 bridgehead atoms. The first-order chi connectivity index (χ1) is 9.81. The molecule has 0 saturated heterocycles. The quantitative estimate of drug-likeness (QED) is 0.643.